The normalized spacial score (nSPS) is 13.3. The van der Waals surface area contributed by atoms with E-state index in [-0.39, 0.29) is 5.91 Å². The van der Waals surface area contributed by atoms with Gasteiger partial charge in [-0.05, 0) is 31.9 Å². The van der Waals surface area contributed by atoms with Crippen LogP contribution in [-0.2, 0) is 7.05 Å². The largest absolute Gasteiger partial charge is 0.339 e. The van der Waals surface area contributed by atoms with Crippen molar-refractivity contribution in [1.82, 2.24) is 25.2 Å². The summed E-state index contributed by atoms with van der Waals surface area (Å²) in [6, 6.07) is 9.27. The lowest BCUT2D eigenvalue weighted by Gasteiger charge is -2.09. The van der Waals surface area contributed by atoms with Crippen LogP contribution in [0.2, 0.25) is 0 Å². The zero-order valence-corrected chi connectivity index (χ0v) is 18.6. The Morgan fingerprint density at radius 2 is 2.11 bits per heavy atom. The van der Waals surface area contributed by atoms with Crippen molar-refractivity contribution in [2.45, 2.75) is 43.6 Å². The maximum absolute atomic E-state index is 12.7. The highest BCUT2D eigenvalue weighted by atomic mass is 127. The lowest BCUT2D eigenvalue weighted by Crippen LogP contribution is -2.28. The van der Waals surface area contributed by atoms with Crippen LogP contribution >= 0.6 is 22.6 Å². The summed E-state index contributed by atoms with van der Waals surface area (Å²) < 4.78 is 7.29. The van der Waals surface area contributed by atoms with Gasteiger partial charge in [0.05, 0.1) is 9.62 Å². The highest BCUT2D eigenvalue weighted by molar-refractivity contribution is 14.1. The molecule has 3 aromatic rings. The molecule has 148 valence electrons. The molecule has 2 atom stereocenters. The van der Waals surface area contributed by atoms with Gasteiger partial charge in [-0.3, -0.25) is 9.48 Å². The van der Waals surface area contributed by atoms with Gasteiger partial charge in [-0.25, -0.2) is 0 Å². The van der Waals surface area contributed by atoms with Gasteiger partial charge in [0.2, 0.25) is 11.7 Å². The Labute approximate surface area is 178 Å². The Morgan fingerprint density at radius 3 is 2.82 bits per heavy atom. The van der Waals surface area contributed by atoms with Crippen LogP contribution in [0, 0.1) is 6.92 Å². The van der Waals surface area contributed by atoms with Gasteiger partial charge in [0.25, 0.3) is 5.91 Å². The van der Waals surface area contributed by atoms with E-state index in [0.29, 0.717) is 21.3 Å². The Kier molecular flexibility index (Phi) is 6.48. The molecule has 0 bridgehead atoms. The molecule has 1 N–H and O–H groups in total. The van der Waals surface area contributed by atoms with Crippen LogP contribution in [0.15, 0.2) is 34.9 Å². The van der Waals surface area contributed by atoms with Crippen molar-refractivity contribution in [3.63, 3.8) is 0 Å². The fourth-order valence-corrected chi connectivity index (χ4v) is 3.86. The van der Waals surface area contributed by atoms with E-state index in [0.717, 1.165) is 29.7 Å². The molecule has 0 radical (unpaired) electrons. The van der Waals surface area contributed by atoms with Crippen molar-refractivity contribution in [2.75, 3.05) is 0 Å². The summed E-state index contributed by atoms with van der Waals surface area (Å²) >= 11 is 2.37. The zero-order chi connectivity index (χ0) is 20.3. The van der Waals surface area contributed by atoms with E-state index in [4.69, 9.17) is 4.52 Å². The quantitative estimate of drug-likeness (QED) is 0.386. The van der Waals surface area contributed by atoms with Gasteiger partial charge in [0.15, 0.2) is 0 Å². The molecule has 1 amide bonds. The Hall–Kier alpha value is -2.23. The summed E-state index contributed by atoms with van der Waals surface area (Å²) in [6.07, 6.45) is 2.10. The predicted molar refractivity (Wildman–Crippen MR) is 115 cm³/mol. The summed E-state index contributed by atoms with van der Waals surface area (Å²) in [4.78, 5) is 17.2. The number of hydrogen-bond donors (Lipinski definition) is 1. The second-order valence-corrected chi connectivity index (χ2v) is 8.30. The van der Waals surface area contributed by atoms with Crippen molar-refractivity contribution in [3.05, 3.63) is 53.2 Å². The first-order chi connectivity index (χ1) is 13.4. The Bertz CT molecular complexity index is 965. The number of aromatic nitrogens is 4. The van der Waals surface area contributed by atoms with Crippen molar-refractivity contribution in [3.8, 4) is 11.4 Å². The molecular formula is C20H24IN5O2. The van der Waals surface area contributed by atoms with E-state index >= 15 is 0 Å². The van der Waals surface area contributed by atoms with Crippen molar-refractivity contribution in [1.29, 1.82) is 0 Å². The molecule has 0 aliphatic heterocycles. The van der Waals surface area contributed by atoms with Gasteiger partial charge in [-0.1, -0.05) is 65.4 Å². The molecule has 2 heterocycles. The maximum Gasteiger partial charge on any atom is 0.270 e. The van der Waals surface area contributed by atoms with Crippen LogP contribution in [0.4, 0.5) is 0 Å². The number of amides is 1. The van der Waals surface area contributed by atoms with E-state index in [9.17, 15) is 4.79 Å². The maximum atomic E-state index is 12.7. The minimum absolute atomic E-state index is 0.218. The first-order valence-electron chi connectivity index (χ1n) is 9.29. The van der Waals surface area contributed by atoms with E-state index in [1.165, 1.54) is 0 Å². The van der Waals surface area contributed by atoms with Gasteiger partial charge in [-0.2, -0.15) is 10.1 Å². The number of halogens is 1. The highest BCUT2D eigenvalue weighted by Crippen LogP contribution is 2.28. The molecule has 8 heteroatoms. The average molecular weight is 493 g/mol. The highest BCUT2D eigenvalue weighted by Gasteiger charge is 2.22. The van der Waals surface area contributed by atoms with E-state index in [2.05, 4.69) is 50.1 Å². The minimum Gasteiger partial charge on any atom is -0.339 e. The van der Waals surface area contributed by atoms with Crippen LogP contribution in [0.3, 0.4) is 0 Å². The van der Waals surface area contributed by atoms with Crippen LogP contribution in [0.5, 0.6) is 0 Å². The van der Waals surface area contributed by atoms with Crippen molar-refractivity contribution in [2.24, 2.45) is 7.05 Å². The summed E-state index contributed by atoms with van der Waals surface area (Å²) in [5.41, 5.74) is 3.41. The molecule has 0 aliphatic rings. The third-order valence-electron chi connectivity index (χ3n) is 4.54. The lowest BCUT2D eigenvalue weighted by molar-refractivity contribution is 0.0923. The molecule has 1 aromatic carbocycles. The third-order valence-corrected chi connectivity index (χ3v) is 5.80. The van der Waals surface area contributed by atoms with Gasteiger partial charge in [0.1, 0.15) is 11.7 Å². The van der Waals surface area contributed by atoms with Crippen LogP contribution in [-0.4, -0.2) is 25.8 Å². The molecule has 0 spiro atoms. The fourth-order valence-electron chi connectivity index (χ4n) is 2.93. The molecule has 2 aromatic heterocycles. The van der Waals surface area contributed by atoms with E-state index in [1.54, 1.807) is 11.7 Å². The number of carbonyl (C=O) groups is 1. The fraction of sp³-hybridized carbons (Fsp3) is 0.400. The number of alkyl halides is 1. The van der Waals surface area contributed by atoms with Gasteiger partial charge >= 0.3 is 0 Å². The molecule has 2 unspecified atom stereocenters. The first-order valence-corrected chi connectivity index (χ1v) is 10.5. The summed E-state index contributed by atoms with van der Waals surface area (Å²) in [5, 5.41) is 11.5. The topological polar surface area (TPSA) is 85.8 Å². The molecule has 0 fully saturated rings. The molecule has 7 nitrogen and oxygen atoms in total. The SMILES string of the molecule is CCCC(I)c1cc(C(=O)NC(C)c2nc(-c3ccccc3C)no2)n(C)n1. The van der Waals surface area contributed by atoms with Gasteiger partial charge in [0, 0.05) is 12.6 Å². The van der Waals surface area contributed by atoms with Crippen molar-refractivity contribution < 1.29 is 9.32 Å². The number of benzene rings is 1. The Balaban J connectivity index is 1.72. The number of nitrogens with zero attached hydrogens (tertiary/aromatic N) is 4. The van der Waals surface area contributed by atoms with E-state index in [1.807, 2.05) is 44.2 Å². The third kappa shape index (κ3) is 4.43. The van der Waals surface area contributed by atoms with Crippen LogP contribution in [0.1, 0.15) is 64.3 Å². The Morgan fingerprint density at radius 1 is 1.36 bits per heavy atom. The molecule has 0 aliphatic carbocycles. The number of nitrogens with one attached hydrogen (secondary N) is 1. The molecule has 3 rings (SSSR count). The first kappa shape index (κ1) is 20.5. The van der Waals surface area contributed by atoms with Crippen LogP contribution in [0.25, 0.3) is 11.4 Å². The number of carbonyl (C=O) groups excluding carboxylic acids is 1. The predicted octanol–water partition coefficient (Wildman–Crippen LogP) is 4.55. The zero-order valence-electron chi connectivity index (χ0n) is 16.4. The van der Waals surface area contributed by atoms with Gasteiger partial charge < -0.3 is 9.84 Å². The minimum atomic E-state index is -0.415. The van der Waals surface area contributed by atoms with Crippen molar-refractivity contribution >= 4 is 28.5 Å². The number of rotatable bonds is 7. The molecule has 0 saturated heterocycles. The van der Waals surface area contributed by atoms with Crippen LogP contribution < -0.4 is 5.32 Å². The monoisotopic (exact) mass is 493 g/mol. The smallest absolute Gasteiger partial charge is 0.270 e. The average Bonchev–Trinajstić information content (AvgIpc) is 3.29. The summed E-state index contributed by atoms with van der Waals surface area (Å²) in [6.45, 7) is 5.96. The molecule has 0 saturated carbocycles. The second-order valence-electron chi connectivity index (χ2n) is 6.80. The molecular weight excluding hydrogens is 469 g/mol. The summed E-state index contributed by atoms with van der Waals surface area (Å²) in [5.74, 6) is 0.667. The number of aryl methyl sites for hydroxylation is 2. The summed E-state index contributed by atoms with van der Waals surface area (Å²) in [7, 11) is 1.78. The van der Waals surface area contributed by atoms with Gasteiger partial charge in [-0.15, -0.1) is 0 Å². The standard InChI is InChI=1S/C20H24IN5O2/c1-5-8-15(21)16-11-17(26(4)24-16)19(27)22-13(3)20-23-18(25-28-20)14-10-7-6-9-12(14)2/h6-7,9-11,13,15H,5,8H2,1-4H3,(H,22,27). The lowest BCUT2D eigenvalue weighted by atomic mass is 10.1. The molecule has 28 heavy (non-hydrogen) atoms. The van der Waals surface area contributed by atoms with E-state index < -0.39 is 6.04 Å². The number of hydrogen-bond acceptors (Lipinski definition) is 5. The second kappa shape index (κ2) is 8.85.